The van der Waals surface area contributed by atoms with E-state index < -0.39 is 0 Å². The van der Waals surface area contributed by atoms with E-state index in [1.54, 1.807) is 0 Å². The number of nitrogens with zero attached hydrogens (tertiary/aromatic N) is 3. The van der Waals surface area contributed by atoms with Gasteiger partial charge < -0.3 is 14.2 Å². The zero-order valence-electron chi connectivity index (χ0n) is 18.8. The first-order valence-corrected chi connectivity index (χ1v) is 11.6. The first-order chi connectivity index (χ1) is 16.0. The maximum absolute atomic E-state index is 12.9. The topological polar surface area (TPSA) is 47.4 Å². The molecular formula is C27H26ClN3O2. The minimum Gasteiger partial charge on any atom is -0.491 e. The Labute approximate surface area is 198 Å². The van der Waals surface area contributed by atoms with Gasteiger partial charge in [0.15, 0.2) is 0 Å². The molecule has 0 spiro atoms. The third kappa shape index (κ3) is 4.33. The van der Waals surface area contributed by atoms with Gasteiger partial charge in [0, 0.05) is 29.6 Å². The second-order valence-electron chi connectivity index (χ2n) is 8.61. The van der Waals surface area contributed by atoms with E-state index in [9.17, 15) is 4.79 Å². The van der Waals surface area contributed by atoms with Crippen LogP contribution in [0.25, 0.3) is 11.0 Å². The number of fused-ring (bicyclic) bond motifs is 1. The molecule has 1 saturated heterocycles. The number of rotatable bonds is 6. The number of aromatic nitrogens is 2. The average molecular weight is 460 g/mol. The molecule has 6 heteroatoms. The molecule has 1 atom stereocenters. The Balaban J connectivity index is 1.40. The van der Waals surface area contributed by atoms with Crippen LogP contribution >= 0.6 is 11.6 Å². The lowest BCUT2D eigenvalue weighted by molar-refractivity contribution is -0.117. The quantitative estimate of drug-likeness (QED) is 0.360. The monoisotopic (exact) mass is 459 g/mol. The number of hydrogen-bond donors (Lipinski definition) is 0. The molecular weight excluding hydrogens is 434 g/mol. The number of hydrogen-bond acceptors (Lipinski definition) is 3. The molecule has 2 heterocycles. The summed E-state index contributed by atoms with van der Waals surface area (Å²) in [6.07, 6.45) is 0.434. The van der Waals surface area contributed by atoms with E-state index in [1.807, 2.05) is 47.4 Å². The van der Waals surface area contributed by atoms with Gasteiger partial charge in [-0.05, 0) is 67.4 Å². The van der Waals surface area contributed by atoms with Gasteiger partial charge in [-0.2, -0.15) is 0 Å². The highest BCUT2D eigenvalue weighted by atomic mass is 35.5. The van der Waals surface area contributed by atoms with E-state index in [4.69, 9.17) is 21.3 Å². The van der Waals surface area contributed by atoms with Crippen LogP contribution in [0.4, 0.5) is 5.69 Å². The largest absolute Gasteiger partial charge is 0.491 e. The molecule has 1 aliphatic heterocycles. The van der Waals surface area contributed by atoms with E-state index in [1.165, 1.54) is 5.56 Å². The van der Waals surface area contributed by atoms with Gasteiger partial charge in [-0.1, -0.05) is 35.9 Å². The van der Waals surface area contributed by atoms with Crippen molar-refractivity contribution in [2.75, 3.05) is 18.1 Å². The molecule has 4 aromatic rings. The Morgan fingerprint density at radius 2 is 1.85 bits per heavy atom. The van der Waals surface area contributed by atoms with Crippen molar-refractivity contribution in [1.82, 2.24) is 9.55 Å². The molecule has 5 nitrogen and oxygen atoms in total. The van der Waals surface area contributed by atoms with Crippen molar-refractivity contribution in [2.45, 2.75) is 32.7 Å². The smallest absolute Gasteiger partial charge is 0.227 e. The molecule has 0 N–H and O–H groups in total. The first-order valence-electron chi connectivity index (χ1n) is 11.2. The second kappa shape index (κ2) is 8.91. The van der Waals surface area contributed by atoms with E-state index in [2.05, 4.69) is 42.7 Å². The normalized spacial score (nSPS) is 16.0. The van der Waals surface area contributed by atoms with Crippen LogP contribution in [0.1, 0.15) is 29.3 Å². The van der Waals surface area contributed by atoms with Crippen LogP contribution in [-0.4, -0.2) is 28.6 Å². The lowest BCUT2D eigenvalue weighted by Gasteiger charge is -2.18. The van der Waals surface area contributed by atoms with Crippen molar-refractivity contribution in [3.8, 4) is 5.75 Å². The molecule has 0 bridgehead atoms. The van der Waals surface area contributed by atoms with E-state index in [0.717, 1.165) is 33.9 Å². The second-order valence-corrected chi connectivity index (χ2v) is 9.05. The summed E-state index contributed by atoms with van der Waals surface area (Å²) in [4.78, 5) is 19.6. The van der Waals surface area contributed by atoms with Crippen LogP contribution in [0.2, 0.25) is 5.02 Å². The highest BCUT2D eigenvalue weighted by molar-refractivity contribution is 6.30. The van der Waals surface area contributed by atoms with Crippen molar-refractivity contribution in [3.63, 3.8) is 0 Å². The zero-order chi connectivity index (χ0) is 22.9. The summed E-state index contributed by atoms with van der Waals surface area (Å²) in [5.41, 5.74) is 5.17. The fourth-order valence-corrected chi connectivity index (χ4v) is 4.63. The third-order valence-corrected chi connectivity index (χ3v) is 6.48. The van der Waals surface area contributed by atoms with E-state index >= 15 is 0 Å². The number of halogens is 1. The summed E-state index contributed by atoms with van der Waals surface area (Å²) in [5.74, 6) is 1.96. The molecule has 0 aliphatic carbocycles. The standard InChI is InChI=1S/C27H26ClN3O2/c1-18-7-8-19(2)25(15-18)33-14-13-30-24-6-4-3-5-23(24)29-27(30)20-16-26(32)31(17-20)22-11-9-21(28)10-12-22/h3-12,15,20H,13-14,16-17H2,1-2H3. The Morgan fingerprint density at radius 1 is 1.06 bits per heavy atom. The van der Waals surface area contributed by atoms with Gasteiger partial charge in [-0.15, -0.1) is 0 Å². The molecule has 1 aromatic heterocycles. The lowest BCUT2D eigenvalue weighted by atomic mass is 10.1. The molecule has 33 heavy (non-hydrogen) atoms. The number of para-hydroxylation sites is 2. The average Bonchev–Trinajstić information content (AvgIpc) is 3.37. The summed E-state index contributed by atoms with van der Waals surface area (Å²) in [6.45, 7) is 5.91. The maximum atomic E-state index is 12.9. The Bertz CT molecular complexity index is 1310. The van der Waals surface area contributed by atoms with E-state index in [0.29, 0.717) is 31.1 Å². The molecule has 1 fully saturated rings. The van der Waals surface area contributed by atoms with Gasteiger partial charge in [0.1, 0.15) is 18.2 Å². The van der Waals surface area contributed by atoms with Crippen molar-refractivity contribution in [2.24, 2.45) is 0 Å². The summed E-state index contributed by atoms with van der Waals surface area (Å²) >= 11 is 6.03. The fourth-order valence-electron chi connectivity index (χ4n) is 4.50. The van der Waals surface area contributed by atoms with Gasteiger partial charge in [0.2, 0.25) is 5.91 Å². The fraction of sp³-hybridized carbons (Fsp3) is 0.259. The Hall–Kier alpha value is -3.31. The molecule has 0 radical (unpaired) electrons. The number of imidazole rings is 1. The highest BCUT2D eigenvalue weighted by Gasteiger charge is 2.34. The van der Waals surface area contributed by atoms with Crippen molar-refractivity contribution < 1.29 is 9.53 Å². The van der Waals surface area contributed by atoms with Gasteiger partial charge in [0.25, 0.3) is 0 Å². The molecule has 1 amide bonds. The van der Waals surface area contributed by atoms with Crippen LogP contribution in [0.3, 0.4) is 0 Å². The zero-order valence-corrected chi connectivity index (χ0v) is 19.5. The van der Waals surface area contributed by atoms with Gasteiger partial charge in [-0.3, -0.25) is 4.79 Å². The number of benzene rings is 3. The number of ether oxygens (including phenoxy) is 1. The molecule has 5 rings (SSSR count). The molecule has 1 aliphatic rings. The molecule has 168 valence electrons. The van der Waals surface area contributed by atoms with Crippen LogP contribution in [0.5, 0.6) is 5.75 Å². The summed E-state index contributed by atoms with van der Waals surface area (Å²) in [6, 6.07) is 21.8. The SMILES string of the molecule is Cc1ccc(C)c(OCCn2c(C3CC(=O)N(c4ccc(Cl)cc4)C3)nc3ccccc32)c1. The number of aryl methyl sites for hydroxylation is 2. The van der Waals surface area contributed by atoms with Crippen LogP contribution in [-0.2, 0) is 11.3 Å². The Morgan fingerprint density at radius 3 is 2.67 bits per heavy atom. The van der Waals surface area contributed by atoms with Crippen LogP contribution < -0.4 is 9.64 Å². The summed E-state index contributed by atoms with van der Waals surface area (Å²) < 4.78 is 8.35. The minimum atomic E-state index is 0.0151. The maximum Gasteiger partial charge on any atom is 0.227 e. The number of carbonyl (C=O) groups excluding carboxylic acids is 1. The number of carbonyl (C=O) groups is 1. The van der Waals surface area contributed by atoms with E-state index in [-0.39, 0.29) is 11.8 Å². The predicted octanol–water partition coefficient (Wildman–Crippen LogP) is 5.91. The number of amides is 1. The first kappa shape index (κ1) is 21.5. The van der Waals surface area contributed by atoms with Gasteiger partial charge in [-0.25, -0.2) is 4.98 Å². The number of anilines is 1. The van der Waals surface area contributed by atoms with Crippen molar-refractivity contribution in [3.05, 3.63) is 88.7 Å². The summed E-state index contributed by atoms with van der Waals surface area (Å²) in [7, 11) is 0. The highest BCUT2D eigenvalue weighted by Crippen LogP contribution is 2.33. The van der Waals surface area contributed by atoms with Crippen LogP contribution in [0, 0.1) is 13.8 Å². The predicted molar refractivity (Wildman–Crippen MR) is 132 cm³/mol. The lowest BCUT2D eigenvalue weighted by Crippen LogP contribution is -2.24. The molecule has 1 unspecified atom stereocenters. The van der Waals surface area contributed by atoms with Gasteiger partial charge >= 0.3 is 0 Å². The van der Waals surface area contributed by atoms with Crippen molar-refractivity contribution >= 4 is 34.2 Å². The van der Waals surface area contributed by atoms with Crippen molar-refractivity contribution in [1.29, 1.82) is 0 Å². The third-order valence-electron chi connectivity index (χ3n) is 6.23. The van der Waals surface area contributed by atoms with Gasteiger partial charge in [0.05, 0.1) is 17.6 Å². The minimum absolute atomic E-state index is 0.0151. The molecule has 3 aromatic carbocycles. The molecule has 0 saturated carbocycles. The van der Waals surface area contributed by atoms with Crippen LogP contribution in [0.15, 0.2) is 66.7 Å². The Kier molecular flexibility index (Phi) is 5.81. The summed E-state index contributed by atoms with van der Waals surface area (Å²) in [5, 5.41) is 0.660.